The number of carbonyl (C=O) groups excluding carboxylic acids is 1. The van der Waals surface area contributed by atoms with Crippen molar-refractivity contribution in [1.82, 2.24) is 4.90 Å². The van der Waals surface area contributed by atoms with Gasteiger partial charge in [-0.15, -0.1) is 0 Å². The van der Waals surface area contributed by atoms with Crippen molar-refractivity contribution in [2.45, 2.75) is 30.4 Å². The van der Waals surface area contributed by atoms with Crippen molar-refractivity contribution < 1.29 is 13.6 Å². The summed E-state index contributed by atoms with van der Waals surface area (Å²) < 4.78 is 25.0. The Morgan fingerprint density at radius 1 is 1.38 bits per heavy atom. The standard InChI is InChI=1S/C15H20F2N2OS/c1-11-6-8-19(9-7-11)10-14(20)18-12-4-2-3-5-13(12)21-15(16)17/h2-5,11,15H,6-10H2,1H3,(H,18,20). The summed E-state index contributed by atoms with van der Waals surface area (Å²) in [5.74, 6) is -1.93. The highest BCUT2D eigenvalue weighted by molar-refractivity contribution is 7.99. The van der Waals surface area contributed by atoms with E-state index in [1.165, 1.54) is 0 Å². The van der Waals surface area contributed by atoms with E-state index in [2.05, 4.69) is 17.1 Å². The summed E-state index contributed by atoms with van der Waals surface area (Å²) in [5, 5.41) is 2.74. The van der Waals surface area contributed by atoms with Gasteiger partial charge in [0.1, 0.15) is 0 Å². The van der Waals surface area contributed by atoms with Crippen LogP contribution in [0.15, 0.2) is 29.2 Å². The molecular weight excluding hydrogens is 294 g/mol. The third-order valence-corrected chi connectivity index (χ3v) is 4.41. The molecule has 6 heteroatoms. The van der Waals surface area contributed by atoms with Crippen LogP contribution in [0, 0.1) is 5.92 Å². The molecule has 0 atom stereocenters. The molecule has 1 amide bonds. The van der Waals surface area contributed by atoms with Crippen molar-refractivity contribution in [3.8, 4) is 0 Å². The van der Waals surface area contributed by atoms with E-state index < -0.39 is 5.76 Å². The molecule has 2 rings (SSSR count). The maximum Gasteiger partial charge on any atom is 0.288 e. The Kier molecular flexibility index (Phi) is 5.99. The van der Waals surface area contributed by atoms with Gasteiger partial charge in [-0.2, -0.15) is 8.78 Å². The SMILES string of the molecule is CC1CCN(CC(=O)Nc2ccccc2SC(F)F)CC1. The fourth-order valence-electron chi connectivity index (χ4n) is 2.38. The number of hydrogen-bond donors (Lipinski definition) is 1. The molecule has 1 N–H and O–H groups in total. The number of benzene rings is 1. The molecule has 1 aliphatic rings. The number of nitrogens with one attached hydrogen (secondary N) is 1. The number of likely N-dealkylation sites (tertiary alicyclic amines) is 1. The molecule has 0 spiro atoms. The summed E-state index contributed by atoms with van der Waals surface area (Å²) in [5.41, 5.74) is 0.457. The third kappa shape index (κ3) is 5.28. The van der Waals surface area contributed by atoms with Gasteiger partial charge in [-0.3, -0.25) is 9.69 Å². The smallest absolute Gasteiger partial charge is 0.288 e. The molecule has 21 heavy (non-hydrogen) atoms. The fraction of sp³-hybridized carbons (Fsp3) is 0.533. The molecule has 0 radical (unpaired) electrons. The first-order valence-corrected chi connectivity index (χ1v) is 7.98. The molecule has 1 aromatic rings. The van der Waals surface area contributed by atoms with Gasteiger partial charge in [0.05, 0.1) is 12.2 Å². The first-order chi connectivity index (χ1) is 10.0. The second-order valence-electron chi connectivity index (χ2n) is 5.38. The Morgan fingerprint density at radius 2 is 2.05 bits per heavy atom. The minimum absolute atomic E-state index is 0.146. The van der Waals surface area contributed by atoms with Gasteiger partial charge < -0.3 is 5.32 Å². The first-order valence-electron chi connectivity index (χ1n) is 7.10. The quantitative estimate of drug-likeness (QED) is 0.842. The molecule has 1 heterocycles. The van der Waals surface area contributed by atoms with Crippen LogP contribution in [0.2, 0.25) is 0 Å². The van der Waals surface area contributed by atoms with Gasteiger partial charge in [0.25, 0.3) is 5.76 Å². The van der Waals surface area contributed by atoms with E-state index in [-0.39, 0.29) is 5.91 Å². The number of amides is 1. The van der Waals surface area contributed by atoms with E-state index in [4.69, 9.17) is 0 Å². The van der Waals surface area contributed by atoms with Gasteiger partial charge in [0.15, 0.2) is 0 Å². The predicted octanol–water partition coefficient (Wildman–Crippen LogP) is 3.67. The molecule has 1 aliphatic heterocycles. The van der Waals surface area contributed by atoms with Crippen LogP contribution >= 0.6 is 11.8 Å². The number of piperidine rings is 1. The van der Waals surface area contributed by atoms with Gasteiger partial charge in [-0.05, 0) is 44.0 Å². The van der Waals surface area contributed by atoms with Crippen molar-refractivity contribution >= 4 is 23.4 Å². The number of halogens is 2. The van der Waals surface area contributed by atoms with Crippen LogP contribution in [-0.2, 0) is 4.79 Å². The lowest BCUT2D eigenvalue weighted by Crippen LogP contribution is -2.38. The molecule has 1 fully saturated rings. The maximum absolute atomic E-state index is 12.5. The van der Waals surface area contributed by atoms with E-state index in [1.807, 2.05) is 0 Å². The van der Waals surface area contributed by atoms with Crippen LogP contribution in [0.4, 0.5) is 14.5 Å². The number of anilines is 1. The molecule has 116 valence electrons. The lowest BCUT2D eigenvalue weighted by molar-refractivity contribution is -0.117. The van der Waals surface area contributed by atoms with E-state index in [0.29, 0.717) is 34.8 Å². The molecule has 0 aliphatic carbocycles. The van der Waals surface area contributed by atoms with Crippen molar-refractivity contribution in [3.05, 3.63) is 24.3 Å². The van der Waals surface area contributed by atoms with E-state index in [9.17, 15) is 13.6 Å². The molecule has 0 bridgehead atoms. The van der Waals surface area contributed by atoms with Crippen LogP contribution in [-0.4, -0.2) is 36.2 Å². The monoisotopic (exact) mass is 314 g/mol. The minimum atomic E-state index is -2.49. The number of carbonyl (C=O) groups is 1. The highest BCUT2D eigenvalue weighted by Gasteiger charge is 2.18. The average Bonchev–Trinajstić information content (AvgIpc) is 2.43. The maximum atomic E-state index is 12.5. The van der Waals surface area contributed by atoms with Crippen molar-refractivity contribution in [2.24, 2.45) is 5.92 Å². The highest BCUT2D eigenvalue weighted by atomic mass is 32.2. The van der Waals surface area contributed by atoms with Gasteiger partial charge in [-0.1, -0.05) is 30.8 Å². The van der Waals surface area contributed by atoms with Crippen LogP contribution in [0.1, 0.15) is 19.8 Å². The van der Waals surface area contributed by atoms with E-state index in [0.717, 1.165) is 25.9 Å². The lowest BCUT2D eigenvalue weighted by Gasteiger charge is -2.29. The molecule has 0 unspecified atom stereocenters. The third-order valence-electron chi connectivity index (χ3n) is 3.62. The number of nitrogens with zero attached hydrogens (tertiary/aromatic N) is 1. The van der Waals surface area contributed by atoms with E-state index in [1.54, 1.807) is 24.3 Å². The normalized spacial score (nSPS) is 17.1. The Labute approximate surface area is 128 Å². The van der Waals surface area contributed by atoms with Crippen LogP contribution in [0.3, 0.4) is 0 Å². The second kappa shape index (κ2) is 7.75. The van der Waals surface area contributed by atoms with E-state index >= 15 is 0 Å². The Balaban J connectivity index is 1.90. The zero-order valence-electron chi connectivity index (χ0n) is 12.0. The zero-order chi connectivity index (χ0) is 15.2. The van der Waals surface area contributed by atoms with Gasteiger partial charge in [0.2, 0.25) is 5.91 Å². The van der Waals surface area contributed by atoms with Gasteiger partial charge in [-0.25, -0.2) is 0 Å². The summed E-state index contributed by atoms with van der Waals surface area (Å²) in [6, 6.07) is 6.66. The molecule has 1 aromatic carbocycles. The second-order valence-corrected chi connectivity index (χ2v) is 6.41. The minimum Gasteiger partial charge on any atom is -0.324 e. The average molecular weight is 314 g/mol. The van der Waals surface area contributed by atoms with Crippen LogP contribution in [0.25, 0.3) is 0 Å². The predicted molar refractivity (Wildman–Crippen MR) is 81.8 cm³/mol. The number of hydrogen-bond acceptors (Lipinski definition) is 3. The first kappa shape index (κ1) is 16.2. The number of alkyl halides is 2. The largest absolute Gasteiger partial charge is 0.324 e. The van der Waals surface area contributed by atoms with Crippen LogP contribution in [0.5, 0.6) is 0 Å². The number of thioether (sulfide) groups is 1. The Morgan fingerprint density at radius 3 is 2.71 bits per heavy atom. The van der Waals surface area contributed by atoms with Gasteiger partial charge in [0, 0.05) is 4.90 Å². The topological polar surface area (TPSA) is 32.3 Å². The Hall–Kier alpha value is -1.14. The Bertz CT molecular complexity index is 476. The molecular formula is C15H20F2N2OS. The molecule has 0 aromatic heterocycles. The highest BCUT2D eigenvalue weighted by Crippen LogP contribution is 2.31. The molecule has 0 saturated carbocycles. The van der Waals surface area contributed by atoms with Gasteiger partial charge >= 0.3 is 0 Å². The summed E-state index contributed by atoms with van der Waals surface area (Å²) in [7, 11) is 0. The summed E-state index contributed by atoms with van der Waals surface area (Å²) in [4.78, 5) is 14.6. The number of rotatable bonds is 5. The lowest BCUT2D eigenvalue weighted by atomic mass is 9.99. The fourth-order valence-corrected chi connectivity index (χ4v) is 2.98. The summed E-state index contributed by atoms with van der Waals surface area (Å²) in [6.07, 6.45) is 2.20. The van der Waals surface area contributed by atoms with Crippen molar-refractivity contribution in [2.75, 3.05) is 25.0 Å². The summed E-state index contributed by atoms with van der Waals surface area (Å²) in [6.45, 7) is 4.37. The van der Waals surface area contributed by atoms with Crippen molar-refractivity contribution in [1.29, 1.82) is 0 Å². The molecule has 3 nitrogen and oxygen atoms in total. The number of para-hydroxylation sites is 1. The summed E-state index contributed by atoms with van der Waals surface area (Å²) >= 11 is 0.452. The van der Waals surface area contributed by atoms with Crippen molar-refractivity contribution in [3.63, 3.8) is 0 Å². The van der Waals surface area contributed by atoms with Crippen LogP contribution < -0.4 is 5.32 Å². The zero-order valence-corrected chi connectivity index (χ0v) is 12.8. The molecule has 1 saturated heterocycles.